The quantitative estimate of drug-likeness (QED) is 0.632. The lowest BCUT2D eigenvalue weighted by Gasteiger charge is -2.41. The first-order valence-corrected chi connectivity index (χ1v) is 11.6. The van der Waals surface area contributed by atoms with Crippen molar-refractivity contribution in [1.29, 1.82) is 0 Å². The number of rotatable bonds is 8. The smallest absolute Gasteiger partial charge is 0.214 e. The molecule has 152 valence electrons. The molecule has 2 heterocycles. The third-order valence-corrected chi connectivity index (χ3v) is 7.66. The summed E-state index contributed by atoms with van der Waals surface area (Å²) in [5.41, 5.74) is 0. The van der Waals surface area contributed by atoms with Crippen molar-refractivity contribution in [3.63, 3.8) is 0 Å². The summed E-state index contributed by atoms with van der Waals surface area (Å²) in [5, 5.41) is 0. The summed E-state index contributed by atoms with van der Waals surface area (Å²) in [6.07, 6.45) is 4.92. The van der Waals surface area contributed by atoms with Gasteiger partial charge in [0.25, 0.3) is 0 Å². The van der Waals surface area contributed by atoms with Gasteiger partial charge in [-0.1, -0.05) is 18.2 Å². The highest BCUT2D eigenvalue weighted by Crippen LogP contribution is 2.23. The van der Waals surface area contributed by atoms with Crippen molar-refractivity contribution in [2.24, 2.45) is 0 Å². The number of hydrogen-bond acceptors (Lipinski definition) is 5. The van der Waals surface area contributed by atoms with E-state index in [1.807, 2.05) is 30.3 Å². The SMILES string of the molecule is COC1CCN(C2CCN(S(=O)(=O)CCCOc3ccccc3)CC2)CC1. The molecule has 1 aromatic rings. The normalized spacial score (nSPS) is 21.4. The number of hydrogen-bond donors (Lipinski definition) is 0. The molecule has 0 bridgehead atoms. The molecule has 7 heteroatoms. The molecular formula is C20H32N2O4S. The van der Waals surface area contributed by atoms with Gasteiger partial charge in [0.1, 0.15) is 5.75 Å². The van der Waals surface area contributed by atoms with Crippen LogP contribution in [0.1, 0.15) is 32.1 Å². The molecule has 0 amide bonds. The van der Waals surface area contributed by atoms with Crippen LogP contribution in [0.3, 0.4) is 0 Å². The maximum Gasteiger partial charge on any atom is 0.214 e. The molecule has 0 saturated carbocycles. The number of piperidine rings is 2. The maximum atomic E-state index is 12.6. The Balaban J connectivity index is 1.37. The Morgan fingerprint density at radius 2 is 1.67 bits per heavy atom. The molecule has 27 heavy (non-hydrogen) atoms. The maximum absolute atomic E-state index is 12.6. The molecule has 0 N–H and O–H groups in total. The topological polar surface area (TPSA) is 59.1 Å². The standard InChI is InChI=1S/C20H32N2O4S/c1-25-19-10-12-21(13-11-19)18-8-14-22(15-9-18)27(23,24)17-5-16-26-20-6-3-2-4-7-20/h2-4,6-7,18-19H,5,8-17H2,1H3. The average Bonchev–Trinajstić information content (AvgIpc) is 2.72. The van der Waals surface area contributed by atoms with Crippen molar-refractivity contribution in [2.45, 2.75) is 44.2 Å². The van der Waals surface area contributed by atoms with Crippen LogP contribution in [-0.2, 0) is 14.8 Å². The second kappa shape index (κ2) is 9.87. The fourth-order valence-electron chi connectivity index (χ4n) is 4.04. The lowest BCUT2D eigenvalue weighted by molar-refractivity contribution is 0.0190. The van der Waals surface area contributed by atoms with Crippen LogP contribution >= 0.6 is 0 Å². The van der Waals surface area contributed by atoms with Crippen LogP contribution in [0.2, 0.25) is 0 Å². The predicted molar refractivity (Wildman–Crippen MR) is 107 cm³/mol. The lowest BCUT2D eigenvalue weighted by atomic mass is 10.00. The van der Waals surface area contributed by atoms with Gasteiger partial charge in [0, 0.05) is 39.3 Å². The molecule has 2 aliphatic heterocycles. The third-order valence-electron chi connectivity index (χ3n) is 5.70. The summed E-state index contributed by atoms with van der Waals surface area (Å²) in [5.74, 6) is 0.942. The minimum absolute atomic E-state index is 0.156. The second-order valence-electron chi connectivity index (χ2n) is 7.43. The Labute approximate surface area is 163 Å². The van der Waals surface area contributed by atoms with Gasteiger partial charge in [-0.2, -0.15) is 0 Å². The van der Waals surface area contributed by atoms with Crippen molar-refractivity contribution < 1.29 is 17.9 Å². The Morgan fingerprint density at radius 3 is 2.30 bits per heavy atom. The van der Waals surface area contributed by atoms with Crippen LogP contribution in [0.25, 0.3) is 0 Å². The Morgan fingerprint density at radius 1 is 1.00 bits per heavy atom. The van der Waals surface area contributed by atoms with E-state index in [0.29, 0.717) is 38.3 Å². The molecule has 0 atom stereocenters. The number of likely N-dealkylation sites (tertiary alicyclic amines) is 1. The van der Waals surface area contributed by atoms with Gasteiger partial charge in [0.2, 0.25) is 10.0 Å². The zero-order valence-corrected chi connectivity index (χ0v) is 17.1. The van der Waals surface area contributed by atoms with Gasteiger partial charge in [-0.15, -0.1) is 0 Å². The van der Waals surface area contributed by atoms with Gasteiger partial charge < -0.3 is 14.4 Å². The van der Waals surface area contributed by atoms with Gasteiger partial charge in [-0.25, -0.2) is 12.7 Å². The van der Waals surface area contributed by atoms with Crippen LogP contribution in [-0.4, -0.2) is 75.4 Å². The van der Waals surface area contributed by atoms with E-state index in [-0.39, 0.29) is 5.75 Å². The molecule has 3 rings (SSSR count). The fraction of sp³-hybridized carbons (Fsp3) is 0.700. The molecule has 0 radical (unpaired) electrons. The largest absolute Gasteiger partial charge is 0.494 e. The summed E-state index contributed by atoms with van der Waals surface area (Å²) in [4.78, 5) is 2.52. The van der Waals surface area contributed by atoms with Crippen molar-refractivity contribution in [3.8, 4) is 5.75 Å². The molecular weight excluding hydrogens is 364 g/mol. The fourth-order valence-corrected chi connectivity index (χ4v) is 5.55. The summed E-state index contributed by atoms with van der Waals surface area (Å²) in [6, 6.07) is 10.0. The van der Waals surface area contributed by atoms with Gasteiger partial charge in [-0.3, -0.25) is 0 Å². The Bertz CT molecular complexity index is 652. The van der Waals surface area contributed by atoms with E-state index >= 15 is 0 Å². The monoisotopic (exact) mass is 396 g/mol. The number of nitrogens with zero attached hydrogens (tertiary/aromatic N) is 2. The van der Waals surface area contributed by atoms with Crippen molar-refractivity contribution in [1.82, 2.24) is 9.21 Å². The van der Waals surface area contributed by atoms with Crippen LogP contribution in [0.15, 0.2) is 30.3 Å². The van der Waals surface area contributed by atoms with Gasteiger partial charge in [0.15, 0.2) is 0 Å². The minimum Gasteiger partial charge on any atom is -0.494 e. The molecule has 0 aromatic heterocycles. The molecule has 2 fully saturated rings. The minimum atomic E-state index is -3.19. The van der Waals surface area contributed by atoms with Crippen molar-refractivity contribution >= 4 is 10.0 Å². The second-order valence-corrected chi connectivity index (χ2v) is 9.52. The molecule has 0 spiro atoms. The van der Waals surface area contributed by atoms with Crippen LogP contribution in [0, 0.1) is 0 Å². The van der Waals surface area contributed by atoms with Crippen LogP contribution < -0.4 is 4.74 Å². The van der Waals surface area contributed by atoms with Gasteiger partial charge >= 0.3 is 0 Å². The van der Waals surface area contributed by atoms with E-state index in [1.54, 1.807) is 11.4 Å². The van der Waals surface area contributed by atoms with E-state index in [4.69, 9.17) is 9.47 Å². The first-order valence-electron chi connectivity index (χ1n) is 10.0. The van der Waals surface area contributed by atoms with Crippen molar-refractivity contribution in [3.05, 3.63) is 30.3 Å². The number of methoxy groups -OCH3 is 1. The van der Waals surface area contributed by atoms with E-state index in [1.165, 1.54) is 0 Å². The lowest BCUT2D eigenvalue weighted by Crippen LogP contribution is -2.50. The summed E-state index contributed by atoms with van der Waals surface area (Å²) in [6.45, 7) is 3.82. The number of ether oxygens (including phenoxy) is 2. The molecule has 6 nitrogen and oxygen atoms in total. The van der Waals surface area contributed by atoms with Crippen LogP contribution in [0.4, 0.5) is 0 Å². The van der Waals surface area contributed by atoms with Crippen molar-refractivity contribution in [2.75, 3.05) is 45.6 Å². The summed E-state index contributed by atoms with van der Waals surface area (Å²) >= 11 is 0. The van der Waals surface area contributed by atoms with Crippen LogP contribution in [0.5, 0.6) is 5.75 Å². The highest BCUT2D eigenvalue weighted by atomic mass is 32.2. The first kappa shape index (κ1) is 20.6. The molecule has 2 aliphatic rings. The highest BCUT2D eigenvalue weighted by Gasteiger charge is 2.32. The average molecular weight is 397 g/mol. The number of para-hydroxylation sites is 1. The third kappa shape index (κ3) is 5.91. The van der Waals surface area contributed by atoms with Gasteiger partial charge in [0.05, 0.1) is 18.5 Å². The summed E-state index contributed by atoms with van der Waals surface area (Å²) < 4.78 is 37.9. The Hall–Kier alpha value is -1.15. The Kier molecular flexibility index (Phi) is 7.52. The summed E-state index contributed by atoms with van der Waals surface area (Å²) in [7, 11) is -1.40. The van der Waals surface area contributed by atoms with E-state index in [9.17, 15) is 8.42 Å². The first-order chi connectivity index (χ1) is 13.1. The van der Waals surface area contributed by atoms with E-state index in [0.717, 1.165) is 44.5 Å². The van der Waals surface area contributed by atoms with Gasteiger partial charge in [-0.05, 0) is 44.2 Å². The zero-order valence-electron chi connectivity index (χ0n) is 16.3. The predicted octanol–water partition coefficient (Wildman–Crippen LogP) is 2.36. The molecule has 2 saturated heterocycles. The molecule has 0 unspecified atom stereocenters. The van der Waals surface area contributed by atoms with E-state index < -0.39 is 10.0 Å². The number of sulfonamides is 1. The number of benzene rings is 1. The van der Waals surface area contributed by atoms with E-state index in [2.05, 4.69) is 4.90 Å². The molecule has 1 aromatic carbocycles. The zero-order chi connectivity index (χ0) is 19.1. The highest BCUT2D eigenvalue weighted by molar-refractivity contribution is 7.89. The molecule has 0 aliphatic carbocycles.